The summed E-state index contributed by atoms with van der Waals surface area (Å²) < 4.78 is 5.22. The van der Waals surface area contributed by atoms with Crippen molar-refractivity contribution < 1.29 is 14.3 Å². The van der Waals surface area contributed by atoms with E-state index in [1.807, 2.05) is 44.2 Å². The number of nitrogens with one attached hydrogen (secondary N) is 2. The number of alkyl carbamates (subject to hydrolysis) is 1. The van der Waals surface area contributed by atoms with Crippen LogP contribution in [0.5, 0.6) is 0 Å². The third kappa shape index (κ3) is 8.86. The van der Waals surface area contributed by atoms with Gasteiger partial charge in [-0.25, -0.2) is 4.79 Å². The van der Waals surface area contributed by atoms with Crippen LogP contribution in [0.25, 0.3) is 0 Å². The van der Waals surface area contributed by atoms with Gasteiger partial charge in [-0.2, -0.15) is 0 Å². The van der Waals surface area contributed by atoms with Crippen molar-refractivity contribution in [2.24, 2.45) is 5.92 Å². The average molecular weight is 320 g/mol. The number of ether oxygens (including phenoxy) is 1. The zero-order valence-electron chi connectivity index (χ0n) is 14.5. The molecule has 0 fully saturated rings. The summed E-state index contributed by atoms with van der Waals surface area (Å²) in [7, 11) is 0. The number of carbonyl (C=O) groups is 2. The predicted octanol–water partition coefficient (Wildman–Crippen LogP) is 3.24. The number of carbonyl (C=O) groups excluding carboxylic acids is 2. The Balaban J connectivity index is 2.48. The van der Waals surface area contributed by atoms with Gasteiger partial charge in [-0.3, -0.25) is 4.79 Å². The molecule has 0 saturated carbocycles. The Bertz CT molecular complexity index is 486. The summed E-state index contributed by atoms with van der Waals surface area (Å²) in [5.74, 6) is 0.315. The fourth-order valence-electron chi connectivity index (χ4n) is 2.30. The fourth-order valence-corrected chi connectivity index (χ4v) is 2.30. The summed E-state index contributed by atoms with van der Waals surface area (Å²) in [6.07, 6.45) is 0.500. The summed E-state index contributed by atoms with van der Waals surface area (Å²) in [4.78, 5) is 23.8. The molecular formula is C18H28N2O3. The monoisotopic (exact) mass is 320 g/mol. The van der Waals surface area contributed by atoms with E-state index in [1.165, 1.54) is 0 Å². The van der Waals surface area contributed by atoms with E-state index in [2.05, 4.69) is 24.5 Å². The molecule has 1 aromatic rings. The predicted molar refractivity (Wildman–Crippen MR) is 90.9 cm³/mol. The Morgan fingerprint density at radius 2 is 1.70 bits per heavy atom. The molecule has 2 amide bonds. The standard InChI is InChI=1S/C18H28N2O3/c1-13(2)10-16(11-17(21)19-14(3)4)20-18(22)23-12-15-8-6-5-7-9-15/h5-9,13-14,16H,10-12H2,1-4H3,(H,19,21)(H,20,22)/t16-/m0/s1. The van der Waals surface area contributed by atoms with Crippen LogP contribution in [0.3, 0.4) is 0 Å². The van der Waals surface area contributed by atoms with E-state index in [1.54, 1.807) is 0 Å². The van der Waals surface area contributed by atoms with Crippen molar-refractivity contribution in [3.63, 3.8) is 0 Å². The van der Waals surface area contributed by atoms with Gasteiger partial charge >= 0.3 is 6.09 Å². The maximum Gasteiger partial charge on any atom is 0.407 e. The number of hydrogen-bond acceptors (Lipinski definition) is 3. The third-order valence-electron chi connectivity index (χ3n) is 3.17. The zero-order valence-corrected chi connectivity index (χ0v) is 14.5. The second-order valence-corrected chi connectivity index (χ2v) is 6.46. The second kappa shape index (κ2) is 9.87. The lowest BCUT2D eigenvalue weighted by molar-refractivity contribution is -0.122. The van der Waals surface area contributed by atoms with Crippen molar-refractivity contribution in [2.45, 2.75) is 59.2 Å². The van der Waals surface area contributed by atoms with E-state index in [0.29, 0.717) is 5.92 Å². The first-order valence-electron chi connectivity index (χ1n) is 8.13. The molecular weight excluding hydrogens is 292 g/mol. The Kier molecular flexibility index (Phi) is 8.16. The van der Waals surface area contributed by atoms with Gasteiger partial charge in [0, 0.05) is 18.5 Å². The minimum atomic E-state index is -0.489. The van der Waals surface area contributed by atoms with E-state index in [0.717, 1.165) is 12.0 Å². The molecule has 1 atom stereocenters. The number of benzene rings is 1. The van der Waals surface area contributed by atoms with E-state index in [9.17, 15) is 9.59 Å². The molecule has 5 heteroatoms. The molecule has 0 aromatic heterocycles. The van der Waals surface area contributed by atoms with Gasteiger partial charge in [0.15, 0.2) is 0 Å². The first-order valence-corrected chi connectivity index (χ1v) is 8.13. The van der Waals surface area contributed by atoms with Crippen LogP contribution in [0.2, 0.25) is 0 Å². The molecule has 0 unspecified atom stereocenters. The molecule has 0 heterocycles. The lowest BCUT2D eigenvalue weighted by atomic mass is 10.0. The minimum Gasteiger partial charge on any atom is -0.445 e. The van der Waals surface area contributed by atoms with Crippen LogP contribution in [-0.4, -0.2) is 24.1 Å². The van der Waals surface area contributed by atoms with Gasteiger partial charge < -0.3 is 15.4 Å². The Morgan fingerprint density at radius 3 is 2.26 bits per heavy atom. The molecule has 5 nitrogen and oxygen atoms in total. The molecule has 0 bridgehead atoms. The highest BCUT2D eigenvalue weighted by Gasteiger charge is 2.19. The van der Waals surface area contributed by atoms with Crippen LogP contribution in [0.15, 0.2) is 30.3 Å². The van der Waals surface area contributed by atoms with Crippen LogP contribution in [0.4, 0.5) is 4.79 Å². The molecule has 23 heavy (non-hydrogen) atoms. The topological polar surface area (TPSA) is 67.4 Å². The maximum atomic E-state index is 11.9. The fraction of sp³-hybridized carbons (Fsp3) is 0.556. The molecule has 128 valence electrons. The van der Waals surface area contributed by atoms with Crippen molar-refractivity contribution in [1.29, 1.82) is 0 Å². The van der Waals surface area contributed by atoms with E-state index < -0.39 is 6.09 Å². The van der Waals surface area contributed by atoms with Gasteiger partial charge in [-0.15, -0.1) is 0 Å². The quantitative estimate of drug-likeness (QED) is 0.772. The number of rotatable bonds is 8. The summed E-state index contributed by atoms with van der Waals surface area (Å²) in [6, 6.07) is 9.37. The average Bonchev–Trinajstić information content (AvgIpc) is 2.44. The summed E-state index contributed by atoms with van der Waals surface area (Å²) in [5.41, 5.74) is 0.931. The van der Waals surface area contributed by atoms with Gasteiger partial charge in [0.1, 0.15) is 6.61 Å². The summed E-state index contributed by atoms with van der Waals surface area (Å²) in [6.45, 7) is 8.17. The molecule has 0 aliphatic rings. The molecule has 0 radical (unpaired) electrons. The van der Waals surface area contributed by atoms with Crippen LogP contribution in [0.1, 0.15) is 46.1 Å². The highest BCUT2D eigenvalue weighted by molar-refractivity contribution is 5.77. The van der Waals surface area contributed by atoms with Gasteiger partial charge in [-0.1, -0.05) is 44.2 Å². The van der Waals surface area contributed by atoms with Crippen molar-refractivity contribution in [3.8, 4) is 0 Å². The van der Waals surface area contributed by atoms with Gasteiger partial charge in [0.25, 0.3) is 0 Å². The van der Waals surface area contributed by atoms with Crippen LogP contribution in [0, 0.1) is 5.92 Å². The van der Waals surface area contributed by atoms with Crippen molar-refractivity contribution >= 4 is 12.0 Å². The van der Waals surface area contributed by atoms with Gasteiger partial charge in [0.05, 0.1) is 0 Å². The third-order valence-corrected chi connectivity index (χ3v) is 3.17. The molecule has 0 saturated heterocycles. The lowest BCUT2D eigenvalue weighted by Crippen LogP contribution is -2.41. The van der Waals surface area contributed by atoms with E-state index in [4.69, 9.17) is 4.74 Å². The molecule has 1 rings (SSSR count). The minimum absolute atomic E-state index is 0.0611. The normalized spacial score (nSPS) is 12.1. The number of hydrogen-bond donors (Lipinski definition) is 2. The Morgan fingerprint density at radius 1 is 1.04 bits per heavy atom. The van der Waals surface area contributed by atoms with Crippen molar-refractivity contribution in [2.75, 3.05) is 0 Å². The molecule has 2 N–H and O–H groups in total. The largest absolute Gasteiger partial charge is 0.445 e. The van der Waals surface area contributed by atoms with Gasteiger partial charge in [0.2, 0.25) is 5.91 Å². The van der Waals surface area contributed by atoms with Crippen LogP contribution < -0.4 is 10.6 Å². The lowest BCUT2D eigenvalue weighted by Gasteiger charge is -2.20. The van der Waals surface area contributed by atoms with Crippen molar-refractivity contribution in [1.82, 2.24) is 10.6 Å². The SMILES string of the molecule is CC(C)C[C@@H](CC(=O)NC(C)C)NC(=O)OCc1ccccc1. The Labute approximate surface area is 138 Å². The van der Waals surface area contributed by atoms with Crippen molar-refractivity contribution in [3.05, 3.63) is 35.9 Å². The molecule has 0 aliphatic heterocycles. The van der Waals surface area contributed by atoms with E-state index in [-0.39, 0.29) is 31.0 Å². The molecule has 0 spiro atoms. The number of amides is 2. The van der Waals surface area contributed by atoms with Gasteiger partial charge in [-0.05, 0) is 31.7 Å². The second-order valence-electron chi connectivity index (χ2n) is 6.46. The molecule has 0 aliphatic carbocycles. The van der Waals surface area contributed by atoms with Crippen LogP contribution >= 0.6 is 0 Å². The molecule has 1 aromatic carbocycles. The highest BCUT2D eigenvalue weighted by atomic mass is 16.5. The smallest absolute Gasteiger partial charge is 0.407 e. The zero-order chi connectivity index (χ0) is 17.2. The maximum absolute atomic E-state index is 11.9. The highest BCUT2D eigenvalue weighted by Crippen LogP contribution is 2.09. The summed E-state index contributed by atoms with van der Waals surface area (Å²) in [5, 5.41) is 5.65. The van der Waals surface area contributed by atoms with Crippen LogP contribution in [-0.2, 0) is 16.1 Å². The summed E-state index contributed by atoms with van der Waals surface area (Å²) >= 11 is 0. The Hall–Kier alpha value is -2.04. The first kappa shape index (κ1) is 19.0. The first-order chi connectivity index (χ1) is 10.9. The van der Waals surface area contributed by atoms with E-state index >= 15 is 0 Å².